The van der Waals surface area contributed by atoms with Gasteiger partial charge in [0, 0.05) is 10.9 Å². The maximum atomic E-state index is 10.7. The summed E-state index contributed by atoms with van der Waals surface area (Å²) in [7, 11) is 0. The van der Waals surface area contributed by atoms with E-state index in [0.717, 1.165) is 22.7 Å². The molecule has 1 N–H and O–H groups in total. The van der Waals surface area contributed by atoms with Gasteiger partial charge in [-0.25, -0.2) is 9.78 Å². The molecule has 0 aliphatic heterocycles. The molecule has 0 atom stereocenters. The Morgan fingerprint density at radius 2 is 2.06 bits per heavy atom. The fourth-order valence-corrected chi connectivity index (χ4v) is 2.27. The van der Waals surface area contributed by atoms with Crippen molar-refractivity contribution in [1.82, 2.24) is 4.98 Å². The van der Waals surface area contributed by atoms with Crippen LogP contribution in [0.2, 0.25) is 0 Å². The number of aromatic carboxylic acids is 1. The molecule has 0 spiro atoms. The van der Waals surface area contributed by atoms with Gasteiger partial charge in [-0.3, -0.25) is 0 Å². The van der Waals surface area contributed by atoms with Crippen LogP contribution in [-0.4, -0.2) is 16.1 Å². The molecule has 16 heavy (non-hydrogen) atoms. The van der Waals surface area contributed by atoms with Gasteiger partial charge in [0.15, 0.2) is 0 Å². The molecule has 82 valence electrons. The zero-order valence-electron chi connectivity index (χ0n) is 8.80. The molecule has 0 unspecified atom stereocenters. The number of thiazole rings is 1. The van der Waals surface area contributed by atoms with E-state index in [1.165, 1.54) is 0 Å². The van der Waals surface area contributed by atoms with E-state index in [2.05, 4.69) is 11.9 Å². The van der Waals surface area contributed by atoms with E-state index in [-0.39, 0.29) is 0 Å². The first-order valence-corrected chi connectivity index (χ1v) is 5.87. The highest BCUT2D eigenvalue weighted by Crippen LogP contribution is 2.24. The summed E-state index contributed by atoms with van der Waals surface area (Å²) < 4.78 is 0. The monoisotopic (exact) mass is 233 g/mol. The number of hydrogen-bond acceptors (Lipinski definition) is 3. The number of benzene rings is 1. The van der Waals surface area contributed by atoms with Crippen LogP contribution in [0.15, 0.2) is 29.6 Å². The van der Waals surface area contributed by atoms with Crippen LogP contribution < -0.4 is 0 Å². The van der Waals surface area contributed by atoms with Crippen molar-refractivity contribution in [2.45, 2.75) is 13.3 Å². The zero-order valence-corrected chi connectivity index (χ0v) is 9.62. The first-order chi connectivity index (χ1) is 7.70. The van der Waals surface area contributed by atoms with Gasteiger partial charge in [-0.2, -0.15) is 0 Å². The van der Waals surface area contributed by atoms with Crippen molar-refractivity contribution < 1.29 is 9.90 Å². The van der Waals surface area contributed by atoms with E-state index in [4.69, 9.17) is 5.11 Å². The Balaban J connectivity index is 2.30. The summed E-state index contributed by atoms with van der Waals surface area (Å²) in [5.74, 6) is -0.903. The number of hydrogen-bond donors (Lipinski definition) is 1. The molecule has 2 aromatic rings. The average molecular weight is 233 g/mol. The van der Waals surface area contributed by atoms with Gasteiger partial charge in [-0.15, -0.1) is 11.3 Å². The Morgan fingerprint density at radius 1 is 1.38 bits per heavy atom. The van der Waals surface area contributed by atoms with Crippen LogP contribution in [0.5, 0.6) is 0 Å². The summed E-state index contributed by atoms with van der Waals surface area (Å²) in [6.45, 7) is 2.06. The Bertz CT molecular complexity index is 502. The second-order valence-electron chi connectivity index (χ2n) is 3.38. The summed E-state index contributed by atoms with van der Waals surface area (Å²) >= 11 is 1.58. The van der Waals surface area contributed by atoms with Crippen LogP contribution >= 0.6 is 11.3 Å². The van der Waals surface area contributed by atoms with Gasteiger partial charge in [0.2, 0.25) is 0 Å². The van der Waals surface area contributed by atoms with Gasteiger partial charge in [-0.1, -0.05) is 19.1 Å². The van der Waals surface area contributed by atoms with Gasteiger partial charge in [0.25, 0.3) is 0 Å². The Labute approximate surface area is 97.4 Å². The maximum Gasteiger partial charge on any atom is 0.335 e. The molecule has 0 saturated carbocycles. The van der Waals surface area contributed by atoms with E-state index >= 15 is 0 Å². The number of carbonyl (C=O) groups is 1. The number of carboxylic acids is 1. The second-order valence-corrected chi connectivity index (χ2v) is 4.24. The van der Waals surface area contributed by atoms with E-state index < -0.39 is 5.97 Å². The van der Waals surface area contributed by atoms with Crippen molar-refractivity contribution in [3.63, 3.8) is 0 Å². The third-order valence-corrected chi connectivity index (χ3v) is 3.23. The smallest absolute Gasteiger partial charge is 0.335 e. The Hall–Kier alpha value is -1.68. The van der Waals surface area contributed by atoms with E-state index in [1.54, 1.807) is 35.6 Å². The van der Waals surface area contributed by atoms with Crippen LogP contribution in [-0.2, 0) is 6.42 Å². The SMILES string of the molecule is CCc1csc(-c2ccc(C(=O)O)cc2)n1. The summed E-state index contributed by atoms with van der Waals surface area (Å²) in [4.78, 5) is 15.1. The summed E-state index contributed by atoms with van der Waals surface area (Å²) in [5.41, 5.74) is 2.34. The summed E-state index contributed by atoms with van der Waals surface area (Å²) in [6.07, 6.45) is 0.920. The molecule has 1 aromatic carbocycles. The number of aryl methyl sites for hydroxylation is 1. The minimum absolute atomic E-state index is 0.302. The molecule has 0 fully saturated rings. The molecule has 0 aliphatic carbocycles. The van der Waals surface area contributed by atoms with Crippen molar-refractivity contribution in [2.75, 3.05) is 0 Å². The zero-order chi connectivity index (χ0) is 11.5. The highest BCUT2D eigenvalue weighted by molar-refractivity contribution is 7.13. The third kappa shape index (κ3) is 2.12. The van der Waals surface area contributed by atoms with Gasteiger partial charge in [0.1, 0.15) is 5.01 Å². The molecule has 4 heteroatoms. The van der Waals surface area contributed by atoms with Crippen molar-refractivity contribution in [3.8, 4) is 10.6 Å². The lowest BCUT2D eigenvalue weighted by Crippen LogP contribution is -1.94. The van der Waals surface area contributed by atoms with Gasteiger partial charge in [0.05, 0.1) is 11.3 Å². The fraction of sp³-hybridized carbons (Fsp3) is 0.167. The summed E-state index contributed by atoms with van der Waals surface area (Å²) in [6, 6.07) is 6.79. The number of aromatic nitrogens is 1. The first kappa shape index (κ1) is 10.8. The lowest BCUT2D eigenvalue weighted by molar-refractivity contribution is 0.0697. The Kier molecular flexibility index (Phi) is 3.01. The molecule has 1 aromatic heterocycles. The minimum Gasteiger partial charge on any atom is -0.478 e. The normalized spacial score (nSPS) is 10.3. The van der Waals surface area contributed by atoms with Crippen molar-refractivity contribution >= 4 is 17.3 Å². The van der Waals surface area contributed by atoms with E-state index in [0.29, 0.717) is 5.56 Å². The summed E-state index contributed by atoms with van der Waals surface area (Å²) in [5, 5.41) is 11.7. The molecule has 2 rings (SSSR count). The largest absolute Gasteiger partial charge is 0.478 e. The predicted molar refractivity (Wildman–Crippen MR) is 63.9 cm³/mol. The predicted octanol–water partition coefficient (Wildman–Crippen LogP) is 3.07. The minimum atomic E-state index is -0.903. The second kappa shape index (κ2) is 4.45. The average Bonchev–Trinajstić information content (AvgIpc) is 2.77. The molecule has 1 heterocycles. The van der Waals surface area contributed by atoms with Crippen molar-refractivity contribution in [1.29, 1.82) is 0 Å². The number of carboxylic acid groups (broad SMARTS) is 1. The molecule has 0 bridgehead atoms. The molecule has 0 saturated heterocycles. The maximum absolute atomic E-state index is 10.7. The lowest BCUT2D eigenvalue weighted by atomic mass is 10.1. The van der Waals surface area contributed by atoms with Crippen molar-refractivity contribution in [2.24, 2.45) is 0 Å². The van der Waals surface area contributed by atoms with Gasteiger partial charge < -0.3 is 5.11 Å². The first-order valence-electron chi connectivity index (χ1n) is 4.99. The molecule has 0 aliphatic rings. The number of rotatable bonds is 3. The molecule has 3 nitrogen and oxygen atoms in total. The molecule has 0 amide bonds. The Morgan fingerprint density at radius 3 is 2.56 bits per heavy atom. The van der Waals surface area contributed by atoms with Crippen LogP contribution in [0, 0.1) is 0 Å². The third-order valence-electron chi connectivity index (χ3n) is 2.29. The highest BCUT2D eigenvalue weighted by atomic mass is 32.1. The van der Waals surface area contributed by atoms with Gasteiger partial charge >= 0.3 is 5.97 Å². The van der Waals surface area contributed by atoms with E-state index in [9.17, 15) is 4.79 Å². The lowest BCUT2D eigenvalue weighted by Gasteiger charge is -1.97. The molecular formula is C12H11NO2S. The van der Waals surface area contributed by atoms with E-state index in [1.807, 2.05) is 5.38 Å². The molecule has 0 radical (unpaired) electrons. The van der Waals surface area contributed by atoms with Gasteiger partial charge in [-0.05, 0) is 18.6 Å². The van der Waals surface area contributed by atoms with Crippen LogP contribution in [0.3, 0.4) is 0 Å². The quantitative estimate of drug-likeness (QED) is 0.886. The van der Waals surface area contributed by atoms with Crippen LogP contribution in [0.4, 0.5) is 0 Å². The van der Waals surface area contributed by atoms with Crippen LogP contribution in [0.1, 0.15) is 23.0 Å². The topological polar surface area (TPSA) is 50.2 Å². The fourth-order valence-electron chi connectivity index (χ4n) is 1.36. The van der Waals surface area contributed by atoms with Crippen molar-refractivity contribution in [3.05, 3.63) is 40.9 Å². The van der Waals surface area contributed by atoms with Crippen LogP contribution in [0.25, 0.3) is 10.6 Å². The number of nitrogens with zero attached hydrogens (tertiary/aromatic N) is 1. The highest BCUT2D eigenvalue weighted by Gasteiger charge is 2.05. The standard InChI is InChI=1S/C12H11NO2S/c1-2-10-7-16-11(13-10)8-3-5-9(6-4-8)12(14)15/h3-7H,2H2,1H3,(H,14,15). The molecular weight excluding hydrogens is 222 g/mol.